The Bertz CT molecular complexity index is 197. The maximum atomic E-state index is 5.49. The summed E-state index contributed by atoms with van der Waals surface area (Å²) < 4.78 is 0. The topological polar surface area (TPSA) is 41.6 Å². The lowest BCUT2D eigenvalue weighted by molar-refractivity contribution is 0.845. The fraction of sp³-hybridized carbons (Fsp3) is 0.667. The lowest BCUT2D eigenvalue weighted by Crippen LogP contribution is -1.88. The van der Waals surface area contributed by atoms with E-state index < -0.39 is 0 Å². The lowest BCUT2D eigenvalue weighted by Gasteiger charge is -1.87. The number of aromatic nitrogens is 3. The van der Waals surface area contributed by atoms with Gasteiger partial charge in [0, 0.05) is 12.3 Å². The molecule has 0 aliphatic carbocycles. The first kappa shape index (κ1) is 7.54. The number of H-pyrrole nitrogens is 1. The number of nitrogens with one attached hydrogen (secondary N) is 1. The molecule has 0 bridgehead atoms. The van der Waals surface area contributed by atoms with Gasteiger partial charge in [0.25, 0.3) is 0 Å². The van der Waals surface area contributed by atoms with Crippen LogP contribution in [0.15, 0.2) is 0 Å². The summed E-state index contributed by atoms with van der Waals surface area (Å²) in [5, 5.41) is 6.73. The summed E-state index contributed by atoms with van der Waals surface area (Å²) in [4.78, 5) is 4.12. The molecule has 0 atom stereocenters. The van der Waals surface area contributed by atoms with Crippen molar-refractivity contribution in [3.8, 4) is 0 Å². The SMILES string of the molecule is Cc1nc(CCCCl)n[nH]1. The zero-order valence-corrected chi connectivity index (χ0v) is 6.65. The van der Waals surface area contributed by atoms with Crippen molar-refractivity contribution in [1.29, 1.82) is 0 Å². The predicted octanol–water partition coefficient (Wildman–Crippen LogP) is 1.28. The largest absolute Gasteiger partial charge is 0.263 e. The second-order valence-corrected chi connectivity index (χ2v) is 2.51. The van der Waals surface area contributed by atoms with Crippen LogP contribution in [0.2, 0.25) is 0 Å². The summed E-state index contributed by atoms with van der Waals surface area (Å²) in [6.07, 6.45) is 1.81. The van der Waals surface area contributed by atoms with Gasteiger partial charge in [-0.2, -0.15) is 5.10 Å². The van der Waals surface area contributed by atoms with Gasteiger partial charge in [0.05, 0.1) is 0 Å². The molecule has 0 spiro atoms. The Morgan fingerprint density at radius 3 is 2.90 bits per heavy atom. The third-order valence-corrected chi connectivity index (χ3v) is 1.44. The van der Waals surface area contributed by atoms with E-state index in [0.717, 1.165) is 24.5 Å². The Kier molecular flexibility index (Phi) is 2.68. The van der Waals surface area contributed by atoms with Gasteiger partial charge in [0.1, 0.15) is 5.82 Å². The van der Waals surface area contributed by atoms with Crippen LogP contribution in [-0.4, -0.2) is 21.1 Å². The summed E-state index contributed by atoms with van der Waals surface area (Å²) in [6, 6.07) is 0. The Labute approximate surface area is 64.8 Å². The number of nitrogens with zero attached hydrogens (tertiary/aromatic N) is 2. The molecular formula is C6H10ClN3. The maximum absolute atomic E-state index is 5.49. The fourth-order valence-electron chi connectivity index (χ4n) is 0.726. The van der Waals surface area contributed by atoms with E-state index in [1.165, 1.54) is 0 Å². The van der Waals surface area contributed by atoms with Crippen LogP contribution >= 0.6 is 11.6 Å². The highest BCUT2D eigenvalue weighted by molar-refractivity contribution is 6.17. The van der Waals surface area contributed by atoms with E-state index in [1.54, 1.807) is 0 Å². The predicted molar refractivity (Wildman–Crippen MR) is 40.2 cm³/mol. The monoisotopic (exact) mass is 159 g/mol. The van der Waals surface area contributed by atoms with Crippen molar-refractivity contribution in [2.75, 3.05) is 5.88 Å². The molecule has 0 aromatic carbocycles. The van der Waals surface area contributed by atoms with Crippen molar-refractivity contribution in [1.82, 2.24) is 15.2 Å². The number of rotatable bonds is 3. The first-order valence-electron chi connectivity index (χ1n) is 3.27. The molecule has 10 heavy (non-hydrogen) atoms. The highest BCUT2D eigenvalue weighted by atomic mass is 35.5. The van der Waals surface area contributed by atoms with Crippen molar-refractivity contribution >= 4 is 11.6 Å². The van der Waals surface area contributed by atoms with E-state index in [2.05, 4.69) is 15.2 Å². The molecule has 0 amide bonds. The minimum atomic E-state index is 0.674. The van der Waals surface area contributed by atoms with Gasteiger partial charge in [-0.15, -0.1) is 11.6 Å². The number of hydrogen-bond acceptors (Lipinski definition) is 2. The van der Waals surface area contributed by atoms with Crippen LogP contribution in [0.25, 0.3) is 0 Å². The molecule has 0 fully saturated rings. The normalized spacial score (nSPS) is 10.2. The second kappa shape index (κ2) is 3.56. The number of alkyl halides is 1. The Balaban J connectivity index is 2.42. The molecule has 4 heteroatoms. The molecule has 1 rings (SSSR count). The Hall–Kier alpha value is -0.570. The Morgan fingerprint density at radius 2 is 2.40 bits per heavy atom. The van der Waals surface area contributed by atoms with Crippen LogP contribution in [0.5, 0.6) is 0 Å². The van der Waals surface area contributed by atoms with Crippen molar-refractivity contribution in [3.05, 3.63) is 11.6 Å². The summed E-state index contributed by atoms with van der Waals surface area (Å²) >= 11 is 5.49. The van der Waals surface area contributed by atoms with Crippen LogP contribution in [-0.2, 0) is 6.42 Å². The van der Waals surface area contributed by atoms with Crippen LogP contribution in [0, 0.1) is 6.92 Å². The molecule has 1 heterocycles. The van der Waals surface area contributed by atoms with Crippen molar-refractivity contribution < 1.29 is 0 Å². The molecule has 0 saturated heterocycles. The van der Waals surface area contributed by atoms with E-state index in [-0.39, 0.29) is 0 Å². The van der Waals surface area contributed by atoms with Gasteiger partial charge in [-0.1, -0.05) is 0 Å². The van der Waals surface area contributed by atoms with Crippen LogP contribution in [0.4, 0.5) is 0 Å². The first-order chi connectivity index (χ1) is 4.83. The second-order valence-electron chi connectivity index (χ2n) is 2.13. The average molecular weight is 160 g/mol. The smallest absolute Gasteiger partial charge is 0.150 e. The van der Waals surface area contributed by atoms with Crippen LogP contribution in [0.3, 0.4) is 0 Å². The summed E-state index contributed by atoms with van der Waals surface area (Å²) in [5.41, 5.74) is 0. The van der Waals surface area contributed by atoms with Gasteiger partial charge in [-0.25, -0.2) is 4.98 Å². The van der Waals surface area contributed by atoms with Gasteiger partial charge in [-0.3, -0.25) is 5.10 Å². The Morgan fingerprint density at radius 1 is 1.60 bits per heavy atom. The fourth-order valence-corrected chi connectivity index (χ4v) is 0.859. The van der Waals surface area contributed by atoms with Crippen LogP contribution in [0.1, 0.15) is 18.1 Å². The van der Waals surface area contributed by atoms with E-state index in [9.17, 15) is 0 Å². The molecule has 0 aliphatic rings. The number of hydrogen-bond donors (Lipinski definition) is 1. The molecule has 3 nitrogen and oxygen atoms in total. The minimum absolute atomic E-state index is 0.674. The standard InChI is InChI=1S/C6H10ClN3/c1-5-8-6(10-9-5)3-2-4-7/h2-4H2,1H3,(H,8,9,10). The summed E-state index contributed by atoms with van der Waals surface area (Å²) in [5.74, 6) is 2.40. The molecule has 0 saturated carbocycles. The maximum Gasteiger partial charge on any atom is 0.150 e. The molecule has 0 aliphatic heterocycles. The van der Waals surface area contributed by atoms with Crippen LogP contribution < -0.4 is 0 Å². The molecule has 1 aromatic heterocycles. The zero-order chi connectivity index (χ0) is 7.40. The molecule has 1 aromatic rings. The molecule has 56 valence electrons. The highest BCUT2D eigenvalue weighted by Crippen LogP contribution is 1.96. The third-order valence-electron chi connectivity index (χ3n) is 1.18. The minimum Gasteiger partial charge on any atom is -0.263 e. The van der Waals surface area contributed by atoms with Crippen molar-refractivity contribution in [3.63, 3.8) is 0 Å². The number of aromatic amines is 1. The first-order valence-corrected chi connectivity index (χ1v) is 3.80. The van der Waals surface area contributed by atoms with Gasteiger partial charge in [0.15, 0.2) is 5.82 Å². The van der Waals surface area contributed by atoms with E-state index in [4.69, 9.17) is 11.6 Å². The quantitative estimate of drug-likeness (QED) is 0.676. The van der Waals surface area contributed by atoms with Gasteiger partial charge < -0.3 is 0 Å². The molecule has 1 N–H and O–H groups in total. The highest BCUT2D eigenvalue weighted by Gasteiger charge is 1.96. The molecule has 0 radical (unpaired) electrons. The number of aryl methyl sites for hydroxylation is 2. The van der Waals surface area contributed by atoms with Gasteiger partial charge in [0.2, 0.25) is 0 Å². The summed E-state index contributed by atoms with van der Waals surface area (Å²) in [6.45, 7) is 1.89. The van der Waals surface area contributed by atoms with E-state index in [1.807, 2.05) is 6.92 Å². The lowest BCUT2D eigenvalue weighted by atomic mass is 10.3. The van der Waals surface area contributed by atoms with Gasteiger partial charge in [-0.05, 0) is 13.3 Å². The summed E-state index contributed by atoms with van der Waals surface area (Å²) in [7, 11) is 0. The van der Waals surface area contributed by atoms with E-state index >= 15 is 0 Å². The van der Waals surface area contributed by atoms with Gasteiger partial charge >= 0.3 is 0 Å². The molecular weight excluding hydrogens is 150 g/mol. The number of halogens is 1. The molecule has 0 unspecified atom stereocenters. The van der Waals surface area contributed by atoms with Crippen molar-refractivity contribution in [2.45, 2.75) is 19.8 Å². The van der Waals surface area contributed by atoms with Crippen molar-refractivity contribution in [2.24, 2.45) is 0 Å². The van der Waals surface area contributed by atoms with E-state index in [0.29, 0.717) is 5.88 Å². The average Bonchev–Trinajstić information content (AvgIpc) is 2.31. The zero-order valence-electron chi connectivity index (χ0n) is 5.89. The third kappa shape index (κ3) is 1.99.